The molecular formula is C21H18Cl2N4OS2. The van der Waals surface area contributed by atoms with E-state index >= 15 is 0 Å². The predicted molar refractivity (Wildman–Crippen MR) is 128 cm³/mol. The van der Waals surface area contributed by atoms with Crippen molar-refractivity contribution in [3.8, 4) is 0 Å². The van der Waals surface area contributed by atoms with Crippen LogP contribution in [-0.2, 0) is 11.2 Å². The number of aliphatic imine (C=N–C) groups is 1. The van der Waals surface area contributed by atoms with Crippen LogP contribution in [0, 0.1) is 0 Å². The average molecular weight is 477 g/mol. The molecule has 2 aromatic carbocycles. The molecule has 0 radical (unpaired) electrons. The molecule has 0 bridgehead atoms. The first-order valence-electron chi connectivity index (χ1n) is 9.72. The Bertz CT molecular complexity index is 1110. The van der Waals surface area contributed by atoms with Crippen LogP contribution in [0.2, 0.25) is 10.0 Å². The second-order valence-corrected chi connectivity index (χ2v) is 10.1. The highest BCUT2D eigenvalue weighted by Gasteiger charge is 2.40. The first kappa shape index (κ1) is 20.1. The van der Waals surface area contributed by atoms with Crippen LogP contribution >= 0.6 is 46.3 Å². The number of rotatable bonds is 5. The fourth-order valence-electron chi connectivity index (χ4n) is 3.70. The van der Waals surface area contributed by atoms with E-state index in [1.165, 1.54) is 17.3 Å². The molecule has 154 valence electrons. The SMILES string of the molecule is O=C1SC(=Nc2ccc(CCNc3nc4cc(Cl)c(Cl)cc4s3)cc2)N2CCC[C@@H]12. The molecule has 3 aromatic rings. The number of carbonyl (C=O) groups is 1. The van der Waals surface area contributed by atoms with Crippen molar-refractivity contribution in [3.63, 3.8) is 0 Å². The number of thiazole rings is 1. The quantitative estimate of drug-likeness (QED) is 0.490. The van der Waals surface area contributed by atoms with Crippen molar-refractivity contribution in [1.29, 1.82) is 0 Å². The summed E-state index contributed by atoms with van der Waals surface area (Å²) in [5.74, 6) is 0. The van der Waals surface area contributed by atoms with Crippen LogP contribution in [0.4, 0.5) is 10.8 Å². The van der Waals surface area contributed by atoms with E-state index in [4.69, 9.17) is 28.2 Å². The van der Waals surface area contributed by atoms with Crippen LogP contribution in [0.1, 0.15) is 18.4 Å². The Labute approximate surface area is 192 Å². The fraction of sp³-hybridized carbons (Fsp3) is 0.286. The molecule has 2 aliphatic rings. The van der Waals surface area contributed by atoms with Gasteiger partial charge in [0, 0.05) is 13.1 Å². The molecule has 3 heterocycles. The smallest absolute Gasteiger partial charge is 0.219 e. The largest absolute Gasteiger partial charge is 0.361 e. The second kappa shape index (κ2) is 8.38. The lowest BCUT2D eigenvalue weighted by atomic mass is 10.1. The lowest BCUT2D eigenvalue weighted by molar-refractivity contribution is -0.113. The number of hydrogen-bond acceptors (Lipinski definition) is 6. The number of amidine groups is 1. The molecule has 5 rings (SSSR count). The number of thioether (sulfide) groups is 1. The summed E-state index contributed by atoms with van der Waals surface area (Å²) in [6.07, 6.45) is 2.89. The summed E-state index contributed by atoms with van der Waals surface area (Å²) in [6.45, 7) is 1.70. The second-order valence-electron chi connectivity index (χ2n) is 7.26. The maximum atomic E-state index is 12.1. The number of aromatic nitrogens is 1. The highest BCUT2D eigenvalue weighted by molar-refractivity contribution is 8.26. The minimum Gasteiger partial charge on any atom is -0.361 e. The van der Waals surface area contributed by atoms with Crippen molar-refractivity contribution in [2.75, 3.05) is 18.4 Å². The number of benzene rings is 2. The van der Waals surface area contributed by atoms with Crippen molar-refractivity contribution in [2.24, 2.45) is 4.99 Å². The maximum absolute atomic E-state index is 12.1. The van der Waals surface area contributed by atoms with E-state index < -0.39 is 0 Å². The van der Waals surface area contributed by atoms with E-state index in [9.17, 15) is 4.79 Å². The normalized spacial score (nSPS) is 19.8. The van der Waals surface area contributed by atoms with Crippen molar-refractivity contribution >= 4 is 77.6 Å². The molecule has 1 N–H and O–H groups in total. The molecule has 2 aliphatic heterocycles. The van der Waals surface area contributed by atoms with Crippen LogP contribution in [0.3, 0.4) is 0 Å². The Kier molecular flexibility index (Phi) is 5.62. The third kappa shape index (κ3) is 4.04. The summed E-state index contributed by atoms with van der Waals surface area (Å²) in [5, 5.41) is 6.36. The molecule has 1 aromatic heterocycles. The van der Waals surface area contributed by atoms with Gasteiger partial charge < -0.3 is 10.2 Å². The van der Waals surface area contributed by atoms with Gasteiger partial charge in [0.1, 0.15) is 6.04 Å². The Hall–Kier alpha value is -1.80. The molecule has 0 unspecified atom stereocenters. The van der Waals surface area contributed by atoms with E-state index in [2.05, 4.69) is 27.3 Å². The zero-order valence-electron chi connectivity index (χ0n) is 15.9. The molecule has 2 fully saturated rings. The molecule has 5 nitrogen and oxygen atoms in total. The molecule has 0 spiro atoms. The summed E-state index contributed by atoms with van der Waals surface area (Å²) in [5.41, 5.74) is 2.95. The Balaban J connectivity index is 1.20. The summed E-state index contributed by atoms with van der Waals surface area (Å²) in [4.78, 5) is 23.5. The van der Waals surface area contributed by atoms with Gasteiger partial charge in [-0.05, 0) is 60.9 Å². The van der Waals surface area contributed by atoms with E-state index in [0.717, 1.165) is 58.6 Å². The van der Waals surface area contributed by atoms with Gasteiger partial charge >= 0.3 is 0 Å². The van der Waals surface area contributed by atoms with Crippen LogP contribution in [0.15, 0.2) is 41.4 Å². The van der Waals surface area contributed by atoms with Crippen molar-refractivity contribution in [2.45, 2.75) is 25.3 Å². The molecule has 0 aliphatic carbocycles. The number of nitrogens with zero attached hydrogens (tertiary/aromatic N) is 3. The van der Waals surface area contributed by atoms with E-state index in [0.29, 0.717) is 10.0 Å². The Morgan fingerprint density at radius 3 is 2.83 bits per heavy atom. The van der Waals surface area contributed by atoms with Gasteiger partial charge in [0.25, 0.3) is 0 Å². The monoisotopic (exact) mass is 476 g/mol. The van der Waals surface area contributed by atoms with Crippen LogP contribution < -0.4 is 5.32 Å². The summed E-state index contributed by atoms with van der Waals surface area (Å²) >= 11 is 15.0. The third-order valence-corrected chi connectivity index (χ3v) is 7.92. The topological polar surface area (TPSA) is 57.6 Å². The minimum absolute atomic E-state index is 0.0358. The maximum Gasteiger partial charge on any atom is 0.219 e. The molecule has 2 saturated heterocycles. The molecule has 0 saturated carbocycles. The zero-order chi connectivity index (χ0) is 20.7. The Morgan fingerprint density at radius 1 is 1.20 bits per heavy atom. The lowest BCUT2D eigenvalue weighted by Gasteiger charge is -2.14. The summed E-state index contributed by atoms with van der Waals surface area (Å²) < 4.78 is 1.01. The highest BCUT2D eigenvalue weighted by atomic mass is 35.5. The van der Waals surface area contributed by atoms with Gasteiger partial charge in [-0.15, -0.1) is 0 Å². The standard InChI is InChI=1S/C21H18Cl2N4OS2/c22-14-10-16-18(11-15(14)23)29-20(26-16)24-8-7-12-3-5-13(6-4-12)25-21-27-9-1-2-17(27)19(28)30-21/h3-6,10-11,17H,1-2,7-9H2,(H,24,26)/t17-/m0/s1. The third-order valence-electron chi connectivity index (χ3n) is 5.24. The first-order valence-corrected chi connectivity index (χ1v) is 12.1. The lowest BCUT2D eigenvalue weighted by Crippen LogP contribution is -2.28. The van der Waals surface area contributed by atoms with E-state index in [1.807, 2.05) is 18.2 Å². The van der Waals surface area contributed by atoms with Crippen LogP contribution in [0.5, 0.6) is 0 Å². The predicted octanol–water partition coefficient (Wildman–Crippen LogP) is 5.98. The van der Waals surface area contributed by atoms with Gasteiger partial charge in [-0.1, -0.05) is 46.7 Å². The summed E-state index contributed by atoms with van der Waals surface area (Å²) in [7, 11) is 0. The number of fused-ring (bicyclic) bond motifs is 2. The van der Waals surface area contributed by atoms with E-state index in [1.54, 1.807) is 17.4 Å². The average Bonchev–Trinajstić information content (AvgIpc) is 3.42. The van der Waals surface area contributed by atoms with Gasteiger partial charge in [0.2, 0.25) is 5.12 Å². The highest BCUT2D eigenvalue weighted by Crippen LogP contribution is 2.35. The van der Waals surface area contributed by atoms with Gasteiger partial charge in [0.05, 0.1) is 25.9 Å². The number of halogens is 2. The van der Waals surface area contributed by atoms with Crippen LogP contribution in [-0.4, -0.2) is 39.3 Å². The zero-order valence-corrected chi connectivity index (χ0v) is 19.0. The molecule has 1 atom stereocenters. The van der Waals surface area contributed by atoms with Crippen molar-refractivity contribution in [3.05, 3.63) is 52.0 Å². The first-order chi connectivity index (χ1) is 14.6. The molecule has 30 heavy (non-hydrogen) atoms. The van der Waals surface area contributed by atoms with Gasteiger partial charge in [0.15, 0.2) is 10.3 Å². The number of anilines is 1. The van der Waals surface area contributed by atoms with Gasteiger partial charge in [-0.3, -0.25) is 4.79 Å². The van der Waals surface area contributed by atoms with Crippen molar-refractivity contribution in [1.82, 2.24) is 9.88 Å². The Morgan fingerprint density at radius 2 is 2.00 bits per heavy atom. The molecular weight excluding hydrogens is 459 g/mol. The van der Waals surface area contributed by atoms with Crippen molar-refractivity contribution < 1.29 is 4.79 Å². The van der Waals surface area contributed by atoms with Gasteiger partial charge in [-0.25, -0.2) is 9.98 Å². The summed E-state index contributed by atoms with van der Waals surface area (Å²) in [6, 6.07) is 11.9. The number of nitrogens with one attached hydrogen (secondary N) is 1. The van der Waals surface area contributed by atoms with Gasteiger partial charge in [-0.2, -0.15) is 0 Å². The number of hydrogen-bond donors (Lipinski definition) is 1. The minimum atomic E-state index is 0.0358. The van der Waals surface area contributed by atoms with E-state index in [-0.39, 0.29) is 11.2 Å². The molecule has 9 heteroatoms. The number of carbonyl (C=O) groups excluding carboxylic acids is 1. The molecule has 0 amide bonds. The van der Waals surface area contributed by atoms with Crippen LogP contribution in [0.25, 0.3) is 10.2 Å². The fourth-order valence-corrected chi connectivity index (χ4v) is 6.05.